The summed E-state index contributed by atoms with van der Waals surface area (Å²) in [7, 11) is 0. The van der Waals surface area contributed by atoms with Gasteiger partial charge in [-0.3, -0.25) is 0 Å². The standard InChI is InChI=1S/C12H19O6/c1-11(2)14-5-6(16-11)8-7(13)9-10(15-8)18-12(3,4)17-9/h6-10H,5H2,1-4H3/q-1. The summed E-state index contributed by atoms with van der Waals surface area (Å²) in [6, 6.07) is 0. The van der Waals surface area contributed by atoms with Crippen molar-refractivity contribution < 1.29 is 28.8 Å². The predicted molar refractivity (Wildman–Crippen MR) is 57.4 cm³/mol. The molecule has 0 bridgehead atoms. The van der Waals surface area contributed by atoms with Crippen LogP contribution < -0.4 is 5.11 Å². The van der Waals surface area contributed by atoms with Gasteiger partial charge in [-0.1, -0.05) is 6.10 Å². The second-order valence-electron chi connectivity index (χ2n) is 5.90. The van der Waals surface area contributed by atoms with Crippen molar-refractivity contribution in [3.8, 4) is 0 Å². The minimum atomic E-state index is -1.01. The average molecular weight is 259 g/mol. The van der Waals surface area contributed by atoms with Crippen LogP contribution in [0.25, 0.3) is 0 Å². The van der Waals surface area contributed by atoms with Crippen LogP contribution >= 0.6 is 0 Å². The van der Waals surface area contributed by atoms with Gasteiger partial charge in [0.1, 0.15) is 12.2 Å². The minimum Gasteiger partial charge on any atom is -0.848 e. The van der Waals surface area contributed by atoms with Crippen molar-refractivity contribution in [3.05, 3.63) is 0 Å². The smallest absolute Gasteiger partial charge is 0.186 e. The Kier molecular flexibility index (Phi) is 2.75. The summed E-state index contributed by atoms with van der Waals surface area (Å²) in [5, 5.41) is 12.3. The third-order valence-corrected chi connectivity index (χ3v) is 3.42. The molecule has 0 N–H and O–H groups in total. The zero-order chi connectivity index (χ0) is 13.1. The van der Waals surface area contributed by atoms with Crippen molar-refractivity contribution in [2.24, 2.45) is 0 Å². The van der Waals surface area contributed by atoms with E-state index in [-0.39, 0.29) is 6.10 Å². The highest BCUT2D eigenvalue weighted by molar-refractivity contribution is 4.96. The normalized spacial score (nSPS) is 49.5. The molecule has 6 heteroatoms. The quantitative estimate of drug-likeness (QED) is 0.646. The van der Waals surface area contributed by atoms with Gasteiger partial charge in [0, 0.05) is 0 Å². The zero-order valence-electron chi connectivity index (χ0n) is 11.0. The first-order valence-corrected chi connectivity index (χ1v) is 6.26. The average Bonchev–Trinajstić information content (AvgIpc) is 2.81. The maximum Gasteiger partial charge on any atom is 0.186 e. The summed E-state index contributed by atoms with van der Waals surface area (Å²) in [5.74, 6) is -1.41. The second kappa shape index (κ2) is 3.88. The van der Waals surface area contributed by atoms with E-state index < -0.39 is 36.2 Å². The van der Waals surface area contributed by atoms with Gasteiger partial charge in [-0.2, -0.15) is 0 Å². The van der Waals surface area contributed by atoms with Crippen molar-refractivity contribution >= 4 is 0 Å². The van der Waals surface area contributed by atoms with Crippen LogP contribution in [0.5, 0.6) is 0 Å². The van der Waals surface area contributed by atoms with Crippen molar-refractivity contribution in [3.63, 3.8) is 0 Å². The molecule has 18 heavy (non-hydrogen) atoms. The highest BCUT2D eigenvalue weighted by atomic mass is 16.8. The van der Waals surface area contributed by atoms with Gasteiger partial charge in [-0.25, -0.2) is 0 Å². The fraction of sp³-hybridized carbons (Fsp3) is 1.00. The Balaban J connectivity index is 1.68. The Hall–Kier alpha value is -0.240. The molecule has 0 aliphatic carbocycles. The fourth-order valence-corrected chi connectivity index (χ4v) is 2.68. The maximum atomic E-state index is 12.3. The monoisotopic (exact) mass is 259 g/mol. The molecule has 5 unspecified atom stereocenters. The van der Waals surface area contributed by atoms with E-state index in [4.69, 9.17) is 23.7 Å². The number of rotatable bonds is 1. The van der Waals surface area contributed by atoms with Crippen molar-refractivity contribution in [1.29, 1.82) is 0 Å². The lowest BCUT2D eigenvalue weighted by molar-refractivity contribution is -0.449. The molecule has 0 spiro atoms. The summed E-state index contributed by atoms with van der Waals surface area (Å²) in [4.78, 5) is 0. The van der Waals surface area contributed by atoms with Crippen molar-refractivity contribution in [1.82, 2.24) is 0 Å². The van der Waals surface area contributed by atoms with E-state index in [1.54, 1.807) is 13.8 Å². The van der Waals surface area contributed by atoms with Crippen LogP contribution in [0.15, 0.2) is 0 Å². The van der Waals surface area contributed by atoms with Gasteiger partial charge < -0.3 is 28.8 Å². The maximum absolute atomic E-state index is 12.3. The third kappa shape index (κ3) is 2.07. The molecule has 0 amide bonds. The van der Waals surface area contributed by atoms with Gasteiger partial charge in [-0.15, -0.1) is 0 Å². The van der Waals surface area contributed by atoms with Crippen LogP contribution in [0, 0.1) is 0 Å². The molecular weight excluding hydrogens is 240 g/mol. The van der Waals surface area contributed by atoms with Crippen LogP contribution in [-0.2, 0) is 23.7 Å². The Bertz CT molecular complexity index is 341. The lowest BCUT2D eigenvalue weighted by Crippen LogP contribution is -2.50. The Labute approximate surface area is 106 Å². The van der Waals surface area contributed by atoms with E-state index in [0.717, 1.165) is 0 Å². The second-order valence-corrected chi connectivity index (χ2v) is 5.90. The molecule has 3 rings (SSSR count). The first kappa shape index (κ1) is 12.8. The largest absolute Gasteiger partial charge is 0.848 e. The molecule has 5 atom stereocenters. The molecule has 6 nitrogen and oxygen atoms in total. The van der Waals surface area contributed by atoms with Gasteiger partial charge in [0.15, 0.2) is 17.9 Å². The summed E-state index contributed by atoms with van der Waals surface area (Å²) in [6.07, 6.45) is -3.13. The first-order chi connectivity index (χ1) is 8.27. The Morgan fingerprint density at radius 3 is 2.22 bits per heavy atom. The molecule has 0 saturated carbocycles. The summed E-state index contributed by atoms with van der Waals surface area (Å²) < 4.78 is 27.9. The SMILES string of the molecule is CC1(C)OCC(C2OC3OC(C)(C)OC3C2[O-])O1. The molecule has 3 aliphatic heterocycles. The molecule has 0 aromatic rings. The minimum absolute atomic E-state index is 0.358. The van der Waals surface area contributed by atoms with E-state index in [2.05, 4.69) is 0 Å². The van der Waals surface area contributed by atoms with Gasteiger partial charge in [0.2, 0.25) is 0 Å². The van der Waals surface area contributed by atoms with Crippen LogP contribution in [-0.4, -0.2) is 48.9 Å². The zero-order valence-corrected chi connectivity index (χ0v) is 11.0. The molecule has 0 radical (unpaired) electrons. The van der Waals surface area contributed by atoms with E-state index >= 15 is 0 Å². The van der Waals surface area contributed by atoms with E-state index in [1.807, 2.05) is 13.8 Å². The number of ether oxygens (including phenoxy) is 5. The van der Waals surface area contributed by atoms with Gasteiger partial charge in [0.25, 0.3) is 0 Å². The topological polar surface area (TPSA) is 69.2 Å². The van der Waals surface area contributed by atoms with Crippen LogP contribution in [0.2, 0.25) is 0 Å². The number of hydrogen-bond acceptors (Lipinski definition) is 6. The molecule has 3 heterocycles. The molecule has 0 aromatic carbocycles. The van der Waals surface area contributed by atoms with Crippen molar-refractivity contribution in [2.45, 2.75) is 70.0 Å². The molecule has 3 fully saturated rings. The molecule has 104 valence electrons. The number of hydrogen-bond donors (Lipinski definition) is 0. The molecular formula is C12H19O6-. The summed E-state index contributed by atoms with van der Waals surface area (Å²) in [6.45, 7) is 7.54. The number of fused-ring (bicyclic) bond motifs is 1. The Morgan fingerprint density at radius 1 is 0.944 bits per heavy atom. The third-order valence-electron chi connectivity index (χ3n) is 3.42. The molecule has 3 aliphatic rings. The van der Waals surface area contributed by atoms with E-state index in [1.165, 1.54) is 0 Å². The lowest BCUT2D eigenvalue weighted by Gasteiger charge is -2.32. The molecule has 0 aromatic heterocycles. The van der Waals surface area contributed by atoms with E-state index in [9.17, 15) is 5.11 Å². The van der Waals surface area contributed by atoms with E-state index in [0.29, 0.717) is 6.61 Å². The van der Waals surface area contributed by atoms with Crippen LogP contribution in [0.4, 0.5) is 0 Å². The van der Waals surface area contributed by atoms with Gasteiger partial charge in [-0.05, 0) is 27.7 Å². The van der Waals surface area contributed by atoms with Gasteiger partial charge in [0.05, 0.1) is 12.7 Å². The lowest BCUT2D eigenvalue weighted by atomic mass is 10.1. The molecule has 3 saturated heterocycles. The first-order valence-electron chi connectivity index (χ1n) is 6.26. The highest BCUT2D eigenvalue weighted by Crippen LogP contribution is 2.39. The fourth-order valence-electron chi connectivity index (χ4n) is 2.68. The summed E-state index contributed by atoms with van der Waals surface area (Å²) >= 11 is 0. The Morgan fingerprint density at radius 2 is 1.67 bits per heavy atom. The van der Waals surface area contributed by atoms with Crippen molar-refractivity contribution in [2.75, 3.05) is 6.61 Å². The predicted octanol–water partition coefficient (Wildman–Crippen LogP) is -0.257. The van der Waals surface area contributed by atoms with Gasteiger partial charge >= 0.3 is 0 Å². The van der Waals surface area contributed by atoms with Crippen LogP contribution in [0.3, 0.4) is 0 Å². The highest BCUT2D eigenvalue weighted by Gasteiger charge is 2.54. The summed E-state index contributed by atoms with van der Waals surface area (Å²) in [5.41, 5.74) is 0. The van der Waals surface area contributed by atoms with Crippen LogP contribution in [0.1, 0.15) is 27.7 Å².